The van der Waals surface area contributed by atoms with Gasteiger partial charge in [-0.15, -0.1) is 0 Å². The van der Waals surface area contributed by atoms with Gasteiger partial charge in [0.15, 0.2) is 0 Å². The number of aromatic nitrogens is 1. The van der Waals surface area contributed by atoms with Gasteiger partial charge in [0.2, 0.25) is 10.0 Å². The molecule has 0 spiro atoms. The van der Waals surface area contributed by atoms with E-state index in [1.807, 2.05) is 0 Å². The predicted molar refractivity (Wildman–Crippen MR) is 76.6 cm³/mol. The van der Waals surface area contributed by atoms with Gasteiger partial charge in [-0.1, -0.05) is 0 Å². The average Bonchev–Trinajstić information content (AvgIpc) is 2.46. The van der Waals surface area contributed by atoms with E-state index < -0.39 is 15.9 Å². The van der Waals surface area contributed by atoms with Crippen LogP contribution in [0, 0.1) is 0 Å². The molecule has 0 aliphatic heterocycles. The number of ether oxygens (including phenoxy) is 1. The zero-order valence-corrected chi connectivity index (χ0v) is 11.9. The van der Waals surface area contributed by atoms with E-state index in [0.717, 1.165) is 0 Å². The summed E-state index contributed by atoms with van der Waals surface area (Å²) in [5.74, 6) is -0.0474. The van der Waals surface area contributed by atoms with Crippen molar-refractivity contribution in [2.45, 2.75) is 4.90 Å². The van der Waals surface area contributed by atoms with Crippen LogP contribution in [0.5, 0.6) is 5.75 Å². The van der Waals surface area contributed by atoms with Gasteiger partial charge in [-0.2, -0.15) is 0 Å². The number of pyridine rings is 1. The van der Waals surface area contributed by atoms with Gasteiger partial charge in [-0.25, -0.2) is 13.6 Å². The summed E-state index contributed by atoms with van der Waals surface area (Å²) < 4.78 is 27.3. The van der Waals surface area contributed by atoms with Crippen molar-refractivity contribution in [2.24, 2.45) is 5.14 Å². The Morgan fingerprint density at radius 1 is 1.24 bits per heavy atom. The lowest BCUT2D eigenvalue weighted by Gasteiger charge is -2.09. The second-order valence-corrected chi connectivity index (χ2v) is 5.66. The van der Waals surface area contributed by atoms with Crippen molar-refractivity contribution in [1.82, 2.24) is 4.98 Å². The van der Waals surface area contributed by atoms with E-state index in [2.05, 4.69) is 10.3 Å². The molecule has 0 fully saturated rings. The maximum Gasteiger partial charge on any atom is 0.259 e. The molecule has 0 unspecified atom stereocenters. The molecule has 110 valence electrons. The molecule has 0 aliphatic rings. The molecule has 7 nitrogen and oxygen atoms in total. The van der Waals surface area contributed by atoms with Crippen LogP contribution in [0.4, 0.5) is 5.69 Å². The third kappa shape index (κ3) is 3.56. The highest BCUT2D eigenvalue weighted by molar-refractivity contribution is 7.89. The van der Waals surface area contributed by atoms with Crippen molar-refractivity contribution < 1.29 is 17.9 Å². The minimum Gasteiger partial charge on any atom is -0.494 e. The van der Waals surface area contributed by atoms with E-state index in [4.69, 9.17) is 9.88 Å². The Morgan fingerprint density at radius 3 is 2.48 bits per heavy atom. The number of carbonyl (C=O) groups is 1. The number of methoxy groups -OCH3 is 1. The first-order valence-electron chi connectivity index (χ1n) is 5.84. The quantitative estimate of drug-likeness (QED) is 0.875. The van der Waals surface area contributed by atoms with Crippen molar-refractivity contribution in [3.8, 4) is 5.75 Å². The number of carbonyl (C=O) groups excluding carboxylic acids is 1. The van der Waals surface area contributed by atoms with E-state index in [9.17, 15) is 13.2 Å². The summed E-state index contributed by atoms with van der Waals surface area (Å²) in [5, 5.41) is 7.63. The number of sulfonamides is 1. The highest BCUT2D eigenvalue weighted by atomic mass is 32.2. The maximum atomic E-state index is 12.1. The van der Waals surface area contributed by atoms with Gasteiger partial charge >= 0.3 is 0 Å². The van der Waals surface area contributed by atoms with E-state index in [1.54, 1.807) is 0 Å². The lowest BCUT2D eigenvalue weighted by molar-refractivity contribution is 0.102. The van der Waals surface area contributed by atoms with Crippen LogP contribution in [0.2, 0.25) is 0 Å². The van der Waals surface area contributed by atoms with Gasteiger partial charge in [-0.05, 0) is 30.3 Å². The fourth-order valence-electron chi connectivity index (χ4n) is 1.66. The molecular formula is C13H13N3O4S. The lowest BCUT2D eigenvalue weighted by atomic mass is 10.2. The monoisotopic (exact) mass is 307 g/mol. The molecular weight excluding hydrogens is 294 g/mol. The van der Waals surface area contributed by atoms with E-state index in [1.165, 1.54) is 49.8 Å². The third-order valence-electron chi connectivity index (χ3n) is 2.69. The molecule has 1 amide bonds. The highest BCUT2D eigenvalue weighted by Gasteiger charge is 2.13. The standard InChI is InChI=1S/C13H13N3O4S/c1-20-12-8-15-7-6-11(12)13(17)16-9-2-4-10(5-3-9)21(14,18)19/h2-8H,1H3,(H,16,17)(H2,14,18,19). The van der Waals surface area contributed by atoms with Gasteiger partial charge in [0.05, 0.1) is 23.8 Å². The first-order valence-corrected chi connectivity index (χ1v) is 7.38. The van der Waals surface area contributed by atoms with Crippen LogP contribution in [0.1, 0.15) is 10.4 Å². The van der Waals surface area contributed by atoms with Gasteiger partial charge in [0.1, 0.15) is 5.75 Å². The van der Waals surface area contributed by atoms with Gasteiger partial charge < -0.3 is 10.1 Å². The zero-order valence-electron chi connectivity index (χ0n) is 11.1. The first kappa shape index (κ1) is 14.9. The Labute approximate surface area is 121 Å². The Morgan fingerprint density at radius 2 is 1.90 bits per heavy atom. The molecule has 1 aromatic heterocycles. The van der Waals surface area contributed by atoms with Crippen LogP contribution in [0.25, 0.3) is 0 Å². The number of benzene rings is 1. The number of hydrogen-bond acceptors (Lipinski definition) is 5. The summed E-state index contributed by atoms with van der Waals surface area (Å²) in [7, 11) is -2.31. The van der Waals surface area contributed by atoms with Crippen LogP contribution < -0.4 is 15.2 Å². The number of hydrogen-bond donors (Lipinski definition) is 2. The summed E-state index contributed by atoms with van der Waals surface area (Å²) in [6.45, 7) is 0. The summed E-state index contributed by atoms with van der Waals surface area (Å²) in [6.07, 6.45) is 2.90. The number of anilines is 1. The summed E-state index contributed by atoms with van der Waals surface area (Å²) >= 11 is 0. The molecule has 2 aromatic rings. The largest absolute Gasteiger partial charge is 0.494 e. The summed E-state index contributed by atoms with van der Waals surface area (Å²) in [6, 6.07) is 7.05. The molecule has 0 saturated carbocycles. The molecule has 0 atom stereocenters. The number of amides is 1. The molecule has 3 N–H and O–H groups in total. The summed E-state index contributed by atoms with van der Waals surface area (Å²) in [5.41, 5.74) is 0.759. The number of nitrogens with two attached hydrogens (primary N) is 1. The van der Waals surface area contributed by atoms with Crippen molar-refractivity contribution in [3.63, 3.8) is 0 Å². The Bertz CT molecular complexity index is 757. The van der Waals surface area contributed by atoms with Crippen molar-refractivity contribution in [2.75, 3.05) is 12.4 Å². The molecule has 1 aromatic carbocycles. The van der Waals surface area contributed by atoms with Crippen LogP contribution in [0.15, 0.2) is 47.6 Å². The molecule has 0 bridgehead atoms. The third-order valence-corrected chi connectivity index (χ3v) is 3.62. The van der Waals surface area contributed by atoms with Crippen LogP contribution >= 0.6 is 0 Å². The fraction of sp³-hybridized carbons (Fsp3) is 0.0769. The molecule has 0 radical (unpaired) electrons. The lowest BCUT2D eigenvalue weighted by Crippen LogP contribution is -2.14. The molecule has 1 heterocycles. The molecule has 8 heteroatoms. The minimum absolute atomic E-state index is 0.0259. The maximum absolute atomic E-state index is 12.1. The number of nitrogens with zero attached hydrogens (tertiary/aromatic N) is 1. The van der Waals surface area contributed by atoms with E-state index in [-0.39, 0.29) is 4.90 Å². The first-order chi connectivity index (χ1) is 9.91. The van der Waals surface area contributed by atoms with Crippen LogP contribution in [-0.4, -0.2) is 26.4 Å². The van der Waals surface area contributed by atoms with Crippen molar-refractivity contribution >= 4 is 21.6 Å². The SMILES string of the molecule is COc1cnccc1C(=O)Nc1ccc(S(N)(=O)=O)cc1. The minimum atomic E-state index is -3.75. The van der Waals surface area contributed by atoms with Crippen molar-refractivity contribution in [1.29, 1.82) is 0 Å². The number of nitrogens with one attached hydrogen (secondary N) is 1. The fourth-order valence-corrected chi connectivity index (χ4v) is 2.17. The highest BCUT2D eigenvalue weighted by Crippen LogP contribution is 2.18. The zero-order chi connectivity index (χ0) is 15.5. The summed E-state index contributed by atoms with van der Waals surface area (Å²) in [4.78, 5) is 15.9. The predicted octanol–water partition coefficient (Wildman–Crippen LogP) is 0.990. The number of rotatable bonds is 4. The normalized spacial score (nSPS) is 11.0. The Hall–Kier alpha value is -2.45. The second-order valence-electron chi connectivity index (χ2n) is 4.10. The van der Waals surface area contributed by atoms with Crippen LogP contribution in [-0.2, 0) is 10.0 Å². The van der Waals surface area contributed by atoms with Gasteiger partial charge in [-0.3, -0.25) is 9.78 Å². The van der Waals surface area contributed by atoms with Gasteiger partial charge in [0.25, 0.3) is 5.91 Å². The number of primary sulfonamides is 1. The van der Waals surface area contributed by atoms with Crippen LogP contribution in [0.3, 0.4) is 0 Å². The van der Waals surface area contributed by atoms with Gasteiger partial charge in [0, 0.05) is 11.9 Å². The molecule has 0 saturated heterocycles. The molecule has 2 rings (SSSR count). The molecule has 0 aliphatic carbocycles. The Kier molecular flexibility index (Phi) is 4.20. The van der Waals surface area contributed by atoms with Crippen molar-refractivity contribution in [3.05, 3.63) is 48.3 Å². The smallest absolute Gasteiger partial charge is 0.259 e. The average molecular weight is 307 g/mol. The molecule has 21 heavy (non-hydrogen) atoms. The van der Waals surface area contributed by atoms with E-state index >= 15 is 0 Å². The Balaban J connectivity index is 2.20. The second kappa shape index (κ2) is 5.90. The topological polar surface area (TPSA) is 111 Å². The van der Waals surface area contributed by atoms with E-state index in [0.29, 0.717) is 17.0 Å².